The number of anilines is 1. The number of nitrogens with one attached hydrogen (secondary N) is 1. The summed E-state index contributed by atoms with van der Waals surface area (Å²) in [6.45, 7) is 1.88. The second kappa shape index (κ2) is 6.22. The molecule has 0 aliphatic carbocycles. The van der Waals surface area contributed by atoms with Gasteiger partial charge in [-0.25, -0.2) is 0 Å². The van der Waals surface area contributed by atoms with Crippen LogP contribution in [0.25, 0.3) is 0 Å². The Labute approximate surface area is 130 Å². The van der Waals surface area contributed by atoms with E-state index in [2.05, 4.69) is 5.32 Å². The Bertz CT molecular complexity index is 788. The SMILES string of the molecule is CCc1ccccc1NC(=O)c1c(O)cc(O)c([N+](=O)[O-])c1O. The zero-order valence-electron chi connectivity index (χ0n) is 12.1. The number of para-hydroxylation sites is 1. The minimum atomic E-state index is -1.10. The van der Waals surface area contributed by atoms with Gasteiger partial charge in [-0.05, 0) is 18.1 Å². The molecule has 0 fully saturated rings. The van der Waals surface area contributed by atoms with Gasteiger partial charge >= 0.3 is 5.69 Å². The maximum Gasteiger partial charge on any atom is 0.353 e. The largest absolute Gasteiger partial charge is 0.507 e. The van der Waals surface area contributed by atoms with Crippen molar-refractivity contribution in [3.05, 3.63) is 51.6 Å². The minimum Gasteiger partial charge on any atom is -0.507 e. The average molecular weight is 318 g/mol. The van der Waals surface area contributed by atoms with E-state index < -0.39 is 39.3 Å². The lowest BCUT2D eigenvalue weighted by Crippen LogP contribution is -2.14. The van der Waals surface area contributed by atoms with Gasteiger partial charge < -0.3 is 20.6 Å². The van der Waals surface area contributed by atoms with Gasteiger partial charge in [0.15, 0.2) is 0 Å². The number of nitro benzene ring substituents is 1. The summed E-state index contributed by atoms with van der Waals surface area (Å²) in [5.41, 5.74) is -0.459. The van der Waals surface area contributed by atoms with Crippen LogP contribution in [0.1, 0.15) is 22.8 Å². The van der Waals surface area contributed by atoms with E-state index in [9.17, 15) is 30.2 Å². The molecule has 0 saturated carbocycles. The Morgan fingerprint density at radius 1 is 1.22 bits per heavy atom. The smallest absolute Gasteiger partial charge is 0.353 e. The normalized spacial score (nSPS) is 10.3. The molecule has 0 saturated heterocycles. The molecule has 0 bridgehead atoms. The number of aryl methyl sites for hydroxylation is 1. The van der Waals surface area contributed by atoms with Crippen LogP contribution in [0.2, 0.25) is 0 Å². The standard InChI is InChI=1S/C15H14N2O6/c1-2-8-5-3-4-6-9(8)16-15(21)12-10(18)7-11(19)13(14(12)20)17(22)23/h3-7,18-20H,2H2,1H3,(H,16,21). The summed E-state index contributed by atoms with van der Waals surface area (Å²) >= 11 is 0. The van der Waals surface area contributed by atoms with Gasteiger partial charge in [-0.2, -0.15) is 0 Å². The molecule has 8 heteroatoms. The Morgan fingerprint density at radius 2 is 1.87 bits per heavy atom. The molecule has 4 N–H and O–H groups in total. The zero-order chi connectivity index (χ0) is 17.1. The van der Waals surface area contributed by atoms with Crippen LogP contribution in [0.4, 0.5) is 11.4 Å². The number of nitro groups is 1. The molecule has 0 heterocycles. The van der Waals surface area contributed by atoms with Crippen molar-refractivity contribution in [2.24, 2.45) is 0 Å². The van der Waals surface area contributed by atoms with Gasteiger partial charge in [0.1, 0.15) is 11.3 Å². The van der Waals surface area contributed by atoms with Crippen LogP contribution >= 0.6 is 0 Å². The number of aromatic hydroxyl groups is 3. The average Bonchev–Trinajstić information content (AvgIpc) is 2.46. The summed E-state index contributed by atoms with van der Waals surface area (Å²) in [5, 5.41) is 42.4. The van der Waals surface area contributed by atoms with Gasteiger partial charge in [-0.3, -0.25) is 14.9 Å². The van der Waals surface area contributed by atoms with Gasteiger partial charge in [0, 0.05) is 11.8 Å². The van der Waals surface area contributed by atoms with Crippen LogP contribution in [0.15, 0.2) is 30.3 Å². The highest BCUT2D eigenvalue weighted by Crippen LogP contribution is 2.43. The van der Waals surface area contributed by atoms with Crippen molar-refractivity contribution < 1.29 is 25.0 Å². The summed E-state index contributed by atoms with van der Waals surface area (Å²) < 4.78 is 0. The summed E-state index contributed by atoms with van der Waals surface area (Å²) in [4.78, 5) is 22.1. The van der Waals surface area contributed by atoms with E-state index >= 15 is 0 Å². The zero-order valence-corrected chi connectivity index (χ0v) is 12.1. The molecule has 23 heavy (non-hydrogen) atoms. The van der Waals surface area contributed by atoms with E-state index in [1.807, 2.05) is 6.92 Å². The predicted octanol–water partition coefficient (Wildman–Crippen LogP) is 2.53. The lowest BCUT2D eigenvalue weighted by molar-refractivity contribution is -0.386. The number of hydrogen-bond donors (Lipinski definition) is 4. The molecule has 0 unspecified atom stereocenters. The molecule has 0 aliphatic heterocycles. The third-order valence-corrected chi connectivity index (χ3v) is 3.29. The summed E-state index contributed by atoms with van der Waals surface area (Å²) in [7, 11) is 0. The number of rotatable bonds is 4. The molecule has 0 aliphatic rings. The van der Waals surface area contributed by atoms with E-state index in [1.165, 1.54) is 0 Å². The monoisotopic (exact) mass is 318 g/mol. The highest BCUT2D eigenvalue weighted by molar-refractivity contribution is 6.09. The molecule has 0 spiro atoms. The first-order chi connectivity index (χ1) is 10.9. The number of nitrogens with zero attached hydrogens (tertiary/aromatic N) is 1. The molecule has 120 valence electrons. The van der Waals surface area contributed by atoms with Crippen molar-refractivity contribution in [2.75, 3.05) is 5.32 Å². The maximum atomic E-state index is 12.3. The highest BCUT2D eigenvalue weighted by Gasteiger charge is 2.30. The van der Waals surface area contributed by atoms with Crippen LogP contribution in [0, 0.1) is 10.1 Å². The van der Waals surface area contributed by atoms with Crippen molar-refractivity contribution in [1.82, 2.24) is 0 Å². The Balaban J connectivity index is 2.48. The van der Waals surface area contributed by atoms with Crippen LogP contribution in [-0.4, -0.2) is 26.2 Å². The molecular weight excluding hydrogens is 304 g/mol. The minimum absolute atomic E-state index is 0.453. The fourth-order valence-corrected chi connectivity index (χ4v) is 2.17. The highest BCUT2D eigenvalue weighted by atomic mass is 16.6. The molecule has 2 rings (SSSR count). The Hall–Kier alpha value is -3.29. The number of hydrogen-bond acceptors (Lipinski definition) is 6. The number of carbonyl (C=O) groups is 1. The lowest BCUT2D eigenvalue weighted by atomic mass is 10.1. The van der Waals surface area contributed by atoms with E-state index in [4.69, 9.17) is 0 Å². The molecule has 2 aromatic carbocycles. The van der Waals surface area contributed by atoms with Crippen molar-refractivity contribution in [1.29, 1.82) is 0 Å². The first-order valence-corrected chi connectivity index (χ1v) is 6.68. The fourth-order valence-electron chi connectivity index (χ4n) is 2.17. The number of amides is 1. The van der Waals surface area contributed by atoms with Gasteiger partial charge in [-0.1, -0.05) is 25.1 Å². The fraction of sp³-hybridized carbons (Fsp3) is 0.133. The van der Waals surface area contributed by atoms with Crippen LogP contribution in [0.5, 0.6) is 17.2 Å². The van der Waals surface area contributed by atoms with E-state index in [0.717, 1.165) is 5.56 Å². The van der Waals surface area contributed by atoms with Crippen molar-refractivity contribution >= 4 is 17.3 Å². The van der Waals surface area contributed by atoms with Gasteiger partial charge in [-0.15, -0.1) is 0 Å². The number of carbonyl (C=O) groups excluding carboxylic acids is 1. The van der Waals surface area contributed by atoms with Crippen LogP contribution < -0.4 is 5.32 Å². The molecule has 1 amide bonds. The number of phenols is 3. The lowest BCUT2D eigenvalue weighted by Gasteiger charge is -2.12. The molecular formula is C15H14N2O6. The van der Waals surface area contributed by atoms with Gasteiger partial charge in [0.25, 0.3) is 5.91 Å². The van der Waals surface area contributed by atoms with Crippen molar-refractivity contribution in [3.8, 4) is 17.2 Å². The number of phenolic OH excluding ortho intramolecular Hbond substituents is 3. The first kappa shape index (κ1) is 16.1. The molecule has 8 nitrogen and oxygen atoms in total. The third kappa shape index (κ3) is 3.00. The molecule has 0 atom stereocenters. The van der Waals surface area contributed by atoms with Crippen molar-refractivity contribution in [3.63, 3.8) is 0 Å². The molecule has 0 radical (unpaired) electrons. The topological polar surface area (TPSA) is 133 Å². The molecule has 2 aromatic rings. The predicted molar refractivity (Wildman–Crippen MR) is 81.9 cm³/mol. The first-order valence-electron chi connectivity index (χ1n) is 6.68. The van der Waals surface area contributed by atoms with E-state index in [1.54, 1.807) is 24.3 Å². The third-order valence-electron chi connectivity index (χ3n) is 3.29. The Kier molecular flexibility index (Phi) is 4.35. The van der Waals surface area contributed by atoms with E-state index in [0.29, 0.717) is 18.2 Å². The quantitative estimate of drug-likeness (QED) is 0.505. The van der Waals surface area contributed by atoms with Crippen molar-refractivity contribution in [2.45, 2.75) is 13.3 Å². The summed E-state index contributed by atoms with van der Waals surface area (Å²) in [5.74, 6) is -3.73. The van der Waals surface area contributed by atoms with Crippen LogP contribution in [-0.2, 0) is 6.42 Å². The Morgan fingerprint density at radius 3 is 2.48 bits per heavy atom. The van der Waals surface area contributed by atoms with E-state index in [-0.39, 0.29) is 0 Å². The number of benzene rings is 2. The van der Waals surface area contributed by atoms with Gasteiger partial charge in [0.05, 0.1) is 4.92 Å². The van der Waals surface area contributed by atoms with Crippen LogP contribution in [0.3, 0.4) is 0 Å². The summed E-state index contributed by atoms with van der Waals surface area (Å²) in [6.07, 6.45) is 0.629. The second-order valence-electron chi connectivity index (χ2n) is 4.71. The summed E-state index contributed by atoms with van der Waals surface area (Å²) in [6, 6.07) is 7.52. The maximum absolute atomic E-state index is 12.3. The second-order valence-corrected chi connectivity index (χ2v) is 4.71. The molecule has 0 aromatic heterocycles. The van der Waals surface area contributed by atoms with Gasteiger partial charge in [0.2, 0.25) is 11.5 Å².